The molecule has 0 fully saturated rings. The molecule has 0 saturated heterocycles. The Labute approximate surface area is 111 Å². The van der Waals surface area contributed by atoms with Crippen molar-refractivity contribution in [2.75, 3.05) is 39.5 Å². The minimum atomic E-state index is -0.324. The zero-order valence-corrected chi connectivity index (χ0v) is 11.8. The monoisotopic (exact) mass is 260 g/mol. The van der Waals surface area contributed by atoms with Crippen LogP contribution in [-0.2, 0) is 9.47 Å². The van der Waals surface area contributed by atoms with E-state index in [1.165, 1.54) is 0 Å². The van der Waals surface area contributed by atoms with E-state index in [0.717, 1.165) is 45.4 Å². The Kier molecular flexibility index (Phi) is 13.6. The summed E-state index contributed by atoms with van der Waals surface area (Å²) in [6, 6.07) is 0. The SMILES string of the molecule is CCCCNC(=O)OCCCOCCCNCC. The Morgan fingerprint density at radius 2 is 1.78 bits per heavy atom. The molecule has 0 aliphatic carbocycles. The lowest BCUT2D eigenvalue weighted by molar-refractivity contribution is 0.0995. The number of alkyl carbamates (subject to hydrolysis) is 1. The molecule has 0 bridgehead atoms. The third kappa shape index (κ3) is 13.3. The average molecular weight is 260 g/mol. The highest BCUT2D eigenvalue weighted by molar-refractivity contribution is 5.66. The molecule has 0 aliphatic rings. The maximum atomic E-state index is 11.1. The number of unbranched alkanes of at least 4 members (excludes halogenated alkanes) is 1. The van der Waals surface area contributed by atoms with Gasteiger partial charge in [-0.2, -0.15) is 0 Å². The van der Waals surface area contributed by atoms with Crippen LogP contribution in [0.5, 0.6) is 0 Å². The molecule has 0 aromatic heterocycles. The summed E-state index contributed by atoms with van der Waals surface area (Å²) >= 11 is 0. The molecular formula is C13H28N2O3. The van der Waals surface area contributed by atoms with Crippen LogP contribution < -0.4 is 10.6 Å². The van der Waals surface area contributed by atoms with Gasteiger partial charge in [0.2, 0.25) is 0 Å². The summed E-state index contributed by atoms with van der Waals surface area (Å²) in [6.07, 6.45) is 3.51. The van der Waals surface area contributed by atoms with E-state index in [2.05, 4.69) is 24.5 Å². The van der Waals surface area contributed by atoms with Gasteiger partial charge in [-0.15, -0.1) is 0 Å². The topological polar surface area (TPSA) is 59.6 Å². The fourth-order valence-electron chi connectivity index (χ4n) is 1.32. The van der Waals surface area contributed by atoms with Gasteiger partial charge in [0.1, 0.15) is 0 Å². The lowest BCUT2D eigenvalue weighted by atomic mass is 10.3. The quantitative estimate of drug-likeness (QED) is 0.526. The fourth-order valence-corrected chi connectivity index (χ4v) is 1.32. The van der Waals surface area contributed by atoms with Crippen LogP contribution in [-0.4, -0.2) is 45.5 Å². The lowest BCUT2D eigenvalue weighted by Gasteiger charge is -2.07. The summed E-state index contributed by atoms with van der Waals surface area (Å²) in [7, 11) is 0. The highest BCUT2D eigenvalue weighted by Gasteiger charge is 1.99. The lowest BCUT2D eigenvalue weighted by Crippen LogP contribution is -2.25. The molecule has 1 amide bonds. The highest BCUT2D eigenvalue weighted by Crippen LogP contribution is 1.89. The zero-order chi connectivity index (χ0) is 13.5. The number of carbonyl (C=O) groups is 1. The standard InChI is InChI=1S/C13H28N2O3/c1-3-5-9-15-13(16)18-12-7-11-17-10-6-8-14-4-2/h14H,3-12H2,1-2H3,(H,15,16). The van der Waals surface area contributed by atoms with Crippen molar-refractivity contribution in [2.24, 2.45) is 0 Å². The first-order valence-electron chi connectivity index (χ1n) is 7.00. The number of amides is 1. The molecular weight excluding hydrogens is 232 g/mol. The molecule has 5 nitrogen and oxygen atoms in total. The Morgan fingerprint density at radius 3 is 2.50 bits per heavy atom. The summed E-state index contributed by atoms with van der Waals surface area (Å²) in [4.78, 5) is 11.1. The van der Waals surface area contributed by atoms with Crippen molar-refractivity contribution < 1.29 is 14.3 Å². The van der Waals surface area contributed by atoms with Crippen LogP contribution in [0, 0.1) is 0 Å². The van der Waals surface area contributed by atoms with E-state index in [9.17, 15) is 4.79 Å². The van der Waals surface area contributed by atoms with E-state index in [-0.39, 0.29) is 6.09 Å². The second-order valence-corrected chi connectivity index (χ2v) is 4.09. The third-order valence-electron chi connectivity index (χ3n) is 2.36. The van der Waals surface area contributed by atoms with Crippen LogP contribution in [0.25, 0.3) is 0 Å². The fraction of sp³-hybridized carbons (Fsp3) is 0.923. The van der Waals surface area contributed by atoms with Crippen molar-refractivity contribution in [3.8, 4) is 0 Å². The van der Waals surface area contributed by atoms with Crippen molar-refractivity contribution in [2.45, 2.75) is 39.5 Å². The van der Waals surface area contributed by atoms with Gasteiger partial charge in [-0.1, -0.05) is 20.3 Å². The minimum Gasteiger partial charge on any atom is -0.449 e. The van der Waals surface area contributed by atoms with Crippen molar-refractivity contribution in [3.63, 3.8) is 0 Å². The van der Waals surface area contributed by atoms with Gasteiger partial charge in [-0.25, -0.2) is 4.79 Å². The van der Waals surface area contributed by atoms with Crippen molar-refractivity contribution in [3.05, 3.63) is 0 Å². The van der Waals surface area contributed by atoms with E-state index in [0.29, 0.717) is 19.8 Å². The number of hydrogen-bond acceptors (Lipinski definition) is 4. The first-order chi connectivity index (χ1) is 8.81. The largest absolute Gasteiger partial charge is 0.449 e. The first-order valence-corrected chi connectivity index (χ1v) is 7.00. The molecule has 0 heterocycles. The van der Waals surface area contributed by atoms with Gasteiger partial charge in [0.05, 0.1) is 6.61 Å². The Balaban J connectivity index is 3.08. The molecule has 2 N–H and O–H groups in total. The second-order valence-electron chi connectivity index (χ2n) is 4.09. The van der Waals surface area contributed by atoms with Gasteiger partial charge >= 0.3 is 6.09 Å². The number of ether oxygens (including phenoxy) is 2. The summed E-state index contributed by atoms with van der Waals surface area (Å²) in [5, 5.41) is 5.93. The minimum absolute atomic E-state index is 0.324. The van der Waals surface area contributed by atoms with Crippen LogP contribution in [0.4, 0.5) is 4.79 Å². The molecule has 0 aliphatic heterocycles. The number of carbonyl (C=O) groups excluding carboxylic acids is 1. The van der Waals surface area contributed by atoms with Crippen LogP contribution >= 0.6 is 0 Å². The second kappa shape index (κ2) is 14.3. The molecule has 0 aromatic rings. The molecule has 0 aromatic carbocycles. The molecule has 0 saturated carbocycles. The van der Waals surface area contributed by atoms with Crippen LogP contribution in [0.3, 0.4) is 0 Å². The molecule has 0 atom stereocenters. The van der Waals surface area contributed by atoms with Gasteiger partial charge in [0, 0.05) is 26.2 Å². The summed E-state index contributed by atoms with van der Waals surface area (Å²) in [6.45, 7) is 8.68. The number of rotatable bonds is 12. The van der Waals surface area contributed by atoms with Crippen molar-refractivity contribution >= 4 is 6.09 Å². The van der Waals surface area contributed by atoms with E-state index >= 15 is 0 Å². The number of hydrogen-bond donors (Lipinski definition) is 2. The van der Waals surface area contributed by atoms with Gasteiger partial charge in [-0.3, -0.25) is 0 Å². The number of nitrogens with one attached hydrogen (secondary N) is 2. The predicted molar refractivity (Wildman–Crippen MR) is 72.9 cm³/mol. The van der Waals surface area contributed by atoms with Crippen LogP contribution in [0.2, 0.25) is 0 Å². The molecule has 0 radical (unpaired) electrons. The van der Waals surface area contributed by atoms with E-state index < -0.39 is 0 Å². The Hall–Kier alpha value is -0.810. The molecule has 0 rings (SSSR count). The van der Waals surface area contributed by atoms with E-state index in [1.807, 2.05) is 0 Å². The average Bonchev–Trinajstić information content (AvgIpc) is 2.37. The van der Waals surface area contributed by atoms with Crippen LogP contribution in [0.15, 0.2) is 0 Å². The first kappa shape index (κ1) is 17.2. The molecule has 0 spiro atoms. The van der Waals surface area contributed by atoms with Gasteiger partial charge in [0.15, 0.2) is 0 Å². The highest BCUT2D eigenvalue weighted by atomic mass is 16.5. The molecule has 5 heteroatoms. The van der Waals surface area contributed by atoms with E-state index in [4.69, 9.17) is 9.47 Å². The molecule has 18 heavy (non-hydrogen) atoms. The van der Waals surface area contributed by atoms with Gasteiger partial charge < -0.3 is 20.1 Å². The maximum Gasteiger partial charge on any atom is 0.407 e. The third-order valence-corrected chi connectivity index (χ3v) is 2.36. The smallest absolute Gasteiger partial charge is 0.407 e. The Morgan fingerprint density at radius 1 is 1.00 bits per heavy atom. The maximum absolute atomic E-state index is 11.1. The molecule has 0 unspecified atom stereocenters. The predicted octanol–water partition coefficient (Wildman–Crippen LogP) is 1.92. The molecule has 108 valence electrons. The van der Waals surface area contributed by atoms with Crippen molar-refractivity contribution in [1.82, 2.24) is 10.6 Å². The van der Waals surface area contributed by atoms with Crippen LogP contribution in [0.1, 0.15) is 39.5 Å². The van der Waals surface area contributed by atoms with Gasteiger partial charge in [-0.05, 0) is 25.9 Å². The van der Waals surface area contributed by atoms with Crippen molar-refractivity contribution in [1.29, 1.82) is 0 Å². The summed E-state index contributed by atoms with van der Waals surface area (Å²) in [5.41, 5.74) is 0. The zero-order valence-electron chi connectivity index (χ0n) is 11.8. The van der Waals surface area contributed by atoms with E-state index in [1.54, 1.807) is 0 Å². The summed E-state index contributed by atoms with van der Waals surface area (Å²) < 4.78 is 10.4. The Bertz CT molecular complexity index is 189. The normalized spacial score (nSPS) is 10.3. The summed E-state index contributed by atoms with van der Waals surface area (Å²) in [5.74, 6) is 0. The van der Waals surface area contributed by atoms with Gasteiger partial charge in [0.25, 0.3) is 0 Å².